The quantitative estimate of drug-likeness (QED) is 0.243. The summed E-state index contributed by atoms with van der Waals surface area (Å²) in [6.07, 6.45) is 3.38. The van der Waals surface area contributed by atoms with Gasteiger partial charge in [-0.1, -0.05) is 29.3 Å². The van der Waals surface area contributed by atoms with Gasteiger partial charge in [0, 0.05) is 24.5 Å². The number of methoxy groups -OCH3 is 1. The molecule has 0 aliphatic carbocycles. The van der Waals surface area contributed by atoms with E-state index in [4.69, 9.17) is 39.6 Å². The Labute approximate surface area is 185 Å². The van der Waals surface area contributed by atoms with E-state index >= 15 is 0 Å². The lowest BCUT2D eigenvalue weighted by atomic mass is 10.1. The fourth-order valence-corrected chi connectivity index (χ4v) is 4.53. The summed E-state index contributed by atoms with van der Waals surface area (Å²) in [5.74, 6) is 12.6. The highest BCUT2D eigenvalue weighted by Gasteiger charge is 2.29. The first kappa shape index (κ1) is 20.7. The molecular formula is C21H24Cl2N6O. The molecule has 1 fully saturated rings. The van der Waals surface area contributed by atoms with Gasteiger partial charge in [-0.05, 0) is 43.5 Å². The van der Waals surface area contributed by atoms with Crippen LogP contribution in [0.2, 0.25) is 10.0 Å². The SMILES string of the molecule is COc1cccc(-n2c(/C(=N/N)NN)c(N3CCCCC3)c3c(Cl)c(Cl)ccc32)c1. The van der Waals surface area contributed by atoms with Gasteiger partial charge in [0.15, 0.2) is 5.84 Å². The number of rotatable bonds is 4. The molecule has 1 aromatic heterocycles. The van der Waals surface area contributed by atoms with Crippen molar-refractivity contribution in [1.82, 2.24) is 9.99 Å². The number of fused-ring (bicyclic) bond motifs is 1. The van der Waals surface area contributed by atoms with Crippen LogP contribution in [0.1, 0.15) is 25.0 Å². The van der Waals surface area contributed by atoms with Crippen molar-refractivity contribution in [1.29, 1.82) is 0 Å². The predicted molar refractivity (Wildman–Crippen MR) is 124 cm³/mol. The lowest BCUT2D eigenvalue weighted by Gasteiger charge is -2.30. The first-order valence-corrected chi connectivity index (χ1v) is 10.5. The number of nitrogens with zero attached hydrogens (tertiary/aromatic N) is 3. The van der Waals surface area contributed by atoms with E-state index in [1.807, 2.05) is 34.9 Å². The second-order valence-electron chi connectivity index (χ2n) is 7.16. The second kappa shape index (κ2) is 8.63. The molecule has 1 aliphatic rings. The predicted octanol–water partition coefficient (Wildman–Crippen LogP) is 4.02. The van der Waals surface area contributed by atoms with Crippen molar-refractivity contribution in [3.8, 4) is 11.4 Å². The third-order valence-corrected chi connectivity index (χ3v) is 6.28. The normalized spacial score (nSPS) is 14.9. The number of nitrogens with one attached hydrogen (secondary N) is 1. The van der Waals surface area contributed by atoms with Crippen LogP contribution in [-0.2, 0) is 0 Å². The van der Waals surface area contributed by atoms with Gasteiger partial charge in [0.05, 0.1) is 34.0 Å². The molecule has 3 aromatic rings. The van der Waals surface area contributed by atoms with Gasteiger partial charge < -0.3 is 25.5 Å². The van der Waals surface area contributed by atoms with Gasteiger partial charge in [-0.2, -0.15) is 5.10 Å². The summed E-state index contributed by atoms with van der Waals surface area (Å²) in [6.45, 7) is 1.80. The monoisotopic (exact) mass is 446 g/mol. The molecule has 0 unspecified atom stereocenters. The summed E-state index contributed by atoms with van der Waals surface area (Å²) in [4.78, 5) is 2.31. The van der Waals surface area contributed by atoms with Crippen molar-refractivity contribution in [3.63, 3.8) is 0 Å². The van der Waals surface area contributed by atoms with Gasteiger partial charge >= 0.3 is 0 Å². The van der Waals surface area contributed by atoms with Gasteiger partial charge in [0.25, 0.3) is 0 Å². The first-order valence-electron chi connectivity index (χ1n) is 9.77. The lowest BCUT2D eigenvalue weighted by Crippen LogP contribution is -2.37. The summed E-state index contributed by atoms with van der Waals surface area (Å²) in [5.41, 5.74) is 6.05. The van der Waals surface area contributed by atoms with Crippen LogP contribution in [0.5, 0.6) is 5.75 Å². The Balaban J connectivity index is 2.14. The maximum atomic E-state index is 6.75. The zero-order valence-corrected chi connectivity index (χ0v) is 18.2. The molecule has 0 amide bonds. The second-order valence-corrected chi connectivity index (χ2v) is 7.94. The van der Waals surface area contributed by atoms with Crippen LogP contribution >= 0.6 is 23.2 Å². The van der Waals surface area contributed by atoms with Crippen molar-refractivity contribution in [2.75, 3.05) is 25.1 Å². The number of benzene rings is 2. The number of aromatic nitrogens is 1. The van der Waals surface area contributed by atoms with E-state index in [0.717, 1.165) is 59.7 Å². The molecule has 0 spiro atoms. The van der Waals surface area contributed by atoms with Crippen molar-refractivity contribution in [2.24, 2.45) is 16.8 Å². The minimum atomic E-state index is 0.349. The van der Waals surface area contributed by atoms with Gasteiger partial charge in [-0.3, -0.25) is 0 Å². The fourth-order valence-electron chi connectivity index (χ4n) is 4.12. The Hall–Kier alpha value is -2.61. The van der Waals surface area contributed by atoms with Crippen LogP contribution in [0.3, 0.4) is 0 Å². The molecule has 0 bridgehead atoms. The zero-order chi connectivity index (χ0) is 21.3. The highest BCUT2D eigenvalue weighted by Crippen LogP contribution is 2.44. The number of halogens is 2. The maximum absolute atomic E-state index is 6.75. The Morgan fingerprint density at radius 1 is 1.13 bits per heavy atom. The molecule has 0 radical (unpaired) electrons. The molecule has 2 heterocycles. The molecule has 1 aliphatic heterocycles. The van der Waals surface area contributed by atoms with E-state index in [1.165, 1.54) is 6.42 Å². The molecule has 158 valence electrons. The minimum Gasteiger partial charge on any atom is -0.497 e. The van der Waals surface area contributed by atoms with Gasteiger partial charge in [0.1, 0.15) is 11.4 Å². The van der Waals surface area contributed by atoms with E-state index in [-0.39, 0.29) is 0 Å². The van der Waals surface area contributed by atoms with Crippen LogP contribution in [0.4, 0.5) is 5.69 Å². The summed E-state index contributed by atoms with van der Waals surface area (Å²) in [7, 11) is 1.64. The largest absolute Gasteiger partial charge is 0.497 e. The molecule has 1 saturated heterocycles. The number of hydrazone groups is 1. The number of ether oxygens (including phenoxy) is 1. The Morgan fingerprint density at radius 3 is 2.57 bits per heavy atom. The number of nitrogens with two attached hydrogens (primary N) is 2. The third kappa shape index (κ3) is 3.43. The van der Waals surface area contributed by atoms with E-state index in [2.05, 4.69) is 15.4 Å². The standard InChI is InChI=1S/C21H24Cl2N6O/c1-30-14-7-5-6-13(12-14)29-16-9-8-15(22)18(23)17(16)19(20(29)21(26-24)27-25)28-10-3-2-4-11-28/h5-9,12H,2-4,10-11,24-25H2,1H3,(H,26,27). The molecule has 0 saturated carbocycles. The summed E-state index contributed by atoms with van der Waals surface area (Å²) < 4.78 is 7.48. The van der Waals surface area contributed by atoms with Gasteiger partial charge in [-0.25, -0.2) is 5.84 Å². The molecular weight excluding hydrogens is 423 g/mol. The Kier molecular flexibility index (Phi) is 5.94. The fraction of sp³-hybridized carbons (Fsp3) is 0.286. The molecule has 9 heteroatoms. The summed E-state index contributed by atoms with van der Waals surface area (Å²) >= 11 is 13.2. The molecule has 2 aromatic carbocycles. The van der Waals surface area contributed by atoms with Crippen LogP contribution < -0.4 is 26.7 Å². The highest BCUT2D eigenvalue weighted by molar-refractivity contribution is 6.46. The summed E-state index contributed by atoms with van der Waals surface area (Å²) in [5, 5.41) is 5.76. The average Bonchev–Trinajstić information content (AvgIpc) is 3.13. The Bertz CT molecular complexity index is 1100. The Morgan fingerprint density at radius 2 is 1.90 bits per heavy atom. The number of hydrogen-bond donors (Lipinski definition) is 3. The summed E-state index contributed by atoms with van der Waals surface area (Å²) in [6, 6.07) is 11.5. The number of hydrazine groups is 1. The number of hydrogen-bond acceptors (Lipinski definition) is 5. The van der Waals surface area contributed by atoms with Crippen molar-refractivity contribution in [3.05, 3.63) is 52.1 Å². The molecule has 7 nitrogen and oxygen atoms in total. The smallest absolute Gasteiger partial charge is 0.186 e. The van der Waals surface area contributed by atoms with Crippen molar-refractivity contribution < 1.29 is 4.74 Å². The van der Waals surface area contributed by atoms with Crippen molar-refractivity contribution in [2.45, 2.75) is 19.3 Å². The third-order valence-electron chi connectivity index (χ3n) is 5.47. The molecule has 5 N–H and O–H groups in total. The first-order chi connectivity index (χ1) is 14.6. The van der Waals surface area contributed by atoms with E-state index < -0.39 is 0 Å². The average molecular weight is 447 g/mol. The number of anilines is 1. The zero-order valence-electron chi connectivity index (χ0n) is 16.7. The minimum absolute atomic E-state index is 0.349. The number of piperidine rings is 1. The topological polar surface area (TPSA) is 93.8 Å². The van der Waals surface area contributed by atoms with Crippen LogP contribution in [0, 0.1) is 0 Å². The molecule has 30 heavy (non-hydrogen) atoms. The van der Waals surface area contributed by atoms with Crippen LogP contribution in [0.15, 0.2) is 41.5 Å². The van der Waals surface area contributed by atoms with Crippen LogP contribution in [-0.4, -0.2) is 30.6 Å². The highest BCUT2D eigenvalue weighted by atomic mass is 35.5. The maximum Gasteiger partial charge on any atom is 0.186 e. The van der Waals surface area contributed by atoms with Crippen LogP contribution in [0.25, 0.3) is 16.6 Å². The van der Waals surface area contributed by atoms with Crippen molar-refractivity contribution >= 4 is 45.6 Å². The number of amidine groups is 1. The van der Waals surface area contributed by atoms with E-state index in [1.54, 1.807) is 13.2 Å². The van der Waals surface area contributed by atoms with E-state index in [0.29, 0.717) is 15.9 Å². The molecule has 0 atom stereocenters. The molecule has 4 rings (SSSR count). The van der Waals surface area contributed by atoms with Gasteiger partial charge in [0.2, 0.25) is 0 Å². The lowest BCUT2D eigenvalue weighted by molar-refractivity contribution is 0.414. The van der Waals surface area contributed by atoms with Gasteiger partial charge in [-0.15, -0.1) is 0 Å². The van der Waals surface area contributed by atoms with E-state index in [9.17, 15) is 0 Å².